The number of benzene rings is 1. The summed E-state index contributed by atoms with van der Waals surface area (Å²) in [5.74, 6) is 1.46. The number of piperazine rings is 1. The molecule has 0 bridgehead atoms. The van der Waals surface area contributed by atoms with E-state index in [0.717, 1.165) is 5.75 Å². The molecule has 0 saturated carbocycles. The van der Waals surface area contributed by atoms with Gasteiger partial charge in [0.2, 0.25) is 11.9 Å². The summed E-state index contributed by atoms with van der Waals surface area (Å²) < 4.78 is 5.57. The average Bonchev–Trinajstić information content (AvgIpc) is 2.75. The van der Waals surface area contributed by atoms with E-state index in [-0.39, 0.29) is 31.0 Å². The van der Waals surface area contributed by atoms with Crippen molar-refractivity contribution in [2.75, 3.05) is 42.9 Å². The zero-order valence-corrected chi connectivity index (χ0v) is 17.4. The standard InChI is InChI=1S/C21H28N6O3/c1-16(2)30-18-6-4-17(5-7-18)25-21(29)24-11-8-19(28)26-12-14-27(15-13-26)20-22-9-3-10-23-20/h3-7,9-10,16H,8,11-15H2,1-2H3,(H2,24,25,29). The second kappa shape index (κ2) is 10.4. The number of carbonyl (C=O) groups excluding carboxylic acids is 2. The maximum Gasteiger partial charge on any atom is 0.319 e. The van der Waals surface area contributed by atoms with Crippen LogP contribution in [-0.4, -0.2) is 65.6 Å². The van der Waals surface area contributed by atoms with Crippen molar-refractivity contribution in [2.24, 2.45) is 0 Å². The molecule has 0 radical (unpaired) electrons. The van der Waals surface area contributed by atoms with Gasteiger partial charge in [0.05, 0.1) is 6.10 Å². The van der Waals surface area contributed by atoms with E-state index in [1.54, 1.807) is 42.7 Å². The highest BCUT2D eigenvalue weighted by Crippen LogP contribution is 2.16. The van der Waals surface area contributed by atoms with Gasteiger partial charge in [0.25, 0.3) is 0 Å². The molecule has 0 spiro atoms. The lowest BCUT2D eigenvalue weighted by Crippen LogP contribution is -2.49. The van der Waals surface area contributed by atoms with Crippen LogP contribution in [0, 0.1) is 0 Å². The zero-order valence-electron chi connectivity index (χ0n) is 17.4. The summed E-state index contributed by atoms with van der Waals surface area (Å²) in [5, 5.41) is 5.47. The molecule has 1 saturated heterocycles. The molecular weight excluding hydrogens is 384 g/mol. The molecule has 30 heavy (non-hydrogen) atoms. The van der Waals surface area contributed by atoms with Crippen molar-refractivity contribution in [3.05, 3.63) is 42.7 Å². The van der Waals surface area contributed by atoms with Crippen molar-refractivity contribution in [1.29, 1.82) is 0 Å². The first-order chi connectivity index (χ1) is 14.5. The van der Waals surface area contributed by atoms with Gasteiger partial charge in [-0.05, 0) is 44.2 Å². The third kappa shape index (κ3) is 6.33. The van der Waals surface area contributed by atoms with Gasteiger partial charge in [-0.1, -0.05) is 0 Å². The smallest absolute Gasteiger partial charge is 0.319 e. The van der Waals surface area contributed by atoms with Gasteiger partial charge in [-0.3, -0.25) is 4.79 Å². The lowest BCUT2D eigenvalue weighted by atomic mass is 10.3. The summed E-state index contributed by atoms with van der Waals surface area (Å²) in [4.78, 5) is 36.8. The van der Waals surface area contributed by atoms with E-state index in [2.05, 4.69) is 25.5 Å². The molecule has 1 fully saturated rings. The molecule has 2 N–H and O–H groups in total. The Morgan fingerprint density at radius 3 is 2.37 bits per heavy atom. The van der Waals surface area contributed by atoms with E-state index >= 15 is 0 Å². The second-order valence-corrected chi connectivity index (χ2v) is 7.24. The van der Waals surface area contributed by atoms with Gasteiger partial charge in [0.15, 0.2) is 0 Å². The zero-order chi connectivity index (χ0) is 21.3. The number of rotatable bonds is 7. The minimum absolute atomic E-state index is 0.0270. The van der Waals surface area contributed by atoms with Crippen molar-refractivity contribution in [3.63, 3.8) is 0 Å². The molecule has 2 heterocycles. The summed E-state index contributed by atoms with van der Waals surface area (Å²) in [5.41, 5.74) is 0.661. The van der Waals surface area contributed by atoms with Gasteiger partial charge in [0, 0.05) is 57.2 Å². The molecule has 9 heteroatoms. The molecule has 0 unspecified atom stereocenters. The van der Waals surface area contributed by atoms with Crippen LogP contribution < -0.4 is 20.3 Å². The quantitative estimate of drug-likeness (QED) is 0.723. The minimum atomic E-state index is -0.341. The number of nitrogens with one attached hydrogen (secondary N) is 2. The SMILES string of the molecule is CC(C)Oc1ccc(NC(=O)NCCC(=O)N2CCN(c3ncccn3)CC2)cc1. The predicted octanol–water partition coefficient (Wildman–Crippen LogP) is 2.12. The van der Waals surface area contributed by atoms with Gasteiger partial charge in [0.1, 0.15) is 5.75 Å². The van der Waals surface area contributed by atoms with Gasteiger partial charge in [-0.15, -0.1) is 0 Å². The number of amides is 3. The Bertz CT molecular complexity index is 820. The van der Waals surface area contributed by atoms with Gasteiger partial charge >= 0.3 is 6.03 Å². The molecule has 160 valence electrons. The molecule has 0 aliphatic carbocycles. The Morgan fingerprint density at radius 2 is 1.73 bits per heavy atom. The Hall–Kier alpha value is -3.36. The topological polar surface area (TPSA) is 99.7 Å². The molecule has 3 amide bonds. The number of carbonyl (C=O) groups is 2. The Labute approximate surface area is 176 Å². The van der Waals surface area contributed by atoms with Crippen molar-refractivity contribution in [2.45, 2.75) is 26.4 Å². The molecule has 1 aliphatic rings. The lowest BCUT2D eigenvalue weighted by Gasteiger charge is -2.34. The number of hydrogen-bond donors (Lipinski definition) is 2. The van der Waals surface area contributed by atoms with Crippen LogP contribution in [0.2, 0.25) is 0 Å². The van der Waals surface area contributed by atoms with Crippen molar-refractivity contribution < 1.29 is 14.3 Å². The Morgan fingerprint density at radius 1 is 1.07 bits per heavy atom. The summed E-state index contributed by atoms with van der Waals surface area (Å²) in [7, 11) is 0. The van der Waals surface area contributed by atoms with Crippen LogP contribution >= 0.6 is 0 Å². The van der Waals surface area contributed by atoms with Crippen LogP contribution in [0.5, 0.6) is 5.75 Å². The van der Waals surface area contributed by atoms with Gasteiger partial charge in [-0.25, -0.2) is 14.8 Å². The van der Waals surface area contributed by atoms with E-state index in [9.17, 15) is 9.59 Å². The van der Waals surface area contributed by atoms with E-state index in [1.807, 2.05) is 18.7 Å². The van der Waals surface area contributed by atoms with E-state index in [4.69, 9.17) is 4.74 Å². The second-order valence-electron chi connectivity index (χ2n) is 7.24. The Kier molecular flexibility index (Phi) is 7.42. The highest BCUT2D eigenvalue weighted by Gasteiger charge is 2.22. The van der Waals surface area contributed by atoms with Crippen molar-refractivity contribution in [3.8, 4) is 5.75 Å². The van der Waals surface area contributed by atoms with E-state index in [1.165, 1.54) is 0 Å². The van der Waals surface area contributed by atoms with E-state index in [0.29, 0.717) is 37.8 Å². The van der Waals surface area contributed by atoms with Crippen LogP contribution in [0.3, 0.4) is 0 Å². The number of ether oxygens (including phenoxy) is 1. The normalized spacial score (nSPS) is 13.8. The fourth-order valence-corrected chi connectivity index (χ4v) is 3.12. The van der Waals surface area contributed by atoms with Crippen LogP contribution in [-0.2, 0) is 4.79 Å². The maximum absolute atomic E-state index is 12.4. The molecule has 9 nitrogen and oxygen atoms in total. The van der Waals surface area contributed by atoms with Crippen LogP contribution in [0.15, 0.2) is 42.7 Å². The molecule has 1 aliphatic heterocycles. The Balaban J connectivity index is 1.35. The molecule has 0 atom stereocenters. The monoisotopic (exact) mass is 412 g/mol. The third-order valence-corrected chi connectivity index (χ3v) is 4.58. The lowest BCUT2D eigenvalue weighted by molar-refractivity contribution is -0.131. The number of aromatic nitrogens is 2. The highest BCUT2D eigenvalue weighted by atomic mass is 16.5. The summed E-state index contributed by atoms with van der Waals surface area (Å²) in [6, 6.07) is 8.60. The summed E-state index contributed by atoms with van der Waals surface area (Å²) in [6.45, 7) is 6.82. The van der Waals surface area contributed by atoms with Crippen molar-refractivity contribution >= 4 is 23.6 Å². The number of hydrogen-bond acceptors (Lipinski definition) is 6. The van der Waals surface area contributed by atoms with Gasteiger partial charge < -0.3 is 25.2 Å². The number of urea groups is 1. The summed E-state index contributed by atoms with van der Waals surface area (Å²) >= 11 is 0. The highest BCUT2D eigenvalue weighted by molar-refractivity contribution is 5.89. The third-order valence-electron chi connectivity index (χ3n) is 4.58. The van der Waals surface area contributed by atoms with Gasteiger partial charge in [-0.2, -0.15) is 0 Å². The number of nitrogens with zero attached hydrogens (tertiary/aromatic N) is 4. The molecule has 1 aromatic heterocycles. The molecule has 2 aromatic rings. The van der Waals surface area contributed by atoms with Crippen LogP contribution in [0.4, 0.5) is 16.4 Å². The van der Waals surface area contributed by atoms with E-state index < -0.39 is 0 Å². The molecular formula is C21H28N6O3. The van der Waals surface area contributed by atoms with Crippen LogP contribution in [0.1, 0.15) is 20.3 Å². The molecule has 1 aromatic carbocycles. The fourth-order valence-electron chi connectivity index (χ4n) is 3.12. The minimum Gasteiger partial charge on any atom is -0.491 e. The van der Waals surface area contributed by atoms with Crippen LogP contribution in [0.25, 0.3) is 0 Å². The predicted molar refractivity (Wildman–Crippen MR) is 115 cm³/mol. The largest absolute Gasteiger partial charge is 0.491 e. The molecule has 3 rings (SSSR count). The number of anilines is 2. The summed E-state index contributed by atoms with van der Waals surface area (Å²) in [6.07, 6.45) is 3.78. The first-order valence-corrected chi connectivity index (χ1v) is 10.1. The average molecular weight is 412 g/mol. The first-order valence-electron chi connectivity index (χ1n) is 10.1. The maximum atomic E-state index is 12.4. The first kappa shape index (κ1) is 21.4. The fraction of sp³-hybridized carbons (Fsp3) is 0.429. The van der Waals surface area contributed by atoms with Crippen molar-refractivity contribution in [1.82, 2.24) is 20.2 Å².